The molecule has 1 aliphatic heterocycles. The average molecular weight is 228 g/mol. The zero-order chi connectivity index (χ0) is 12.3. The van der Waals surface area contributed by atoms with E-state index in [0.29, 0.717) is 12.0 Å². The summed E-state index contributed by atoms with van der Waals surface area (Å²) in [6, 6.07) is 0.222. The first-order valence-electron chi connectivity index (χ1n) is 6.14. The Hall–Kier alpha value is -0.610. The van der Waals surface area contributed by atoms with Gasteiger partial charge >= 0.3 is 0 Å². The number of likely N-dealkylation sites (tertiary alicyclic amines) is 1. The molecule has 1 saturated heterocycles. The third-order valence-corrected chi connectivity index (χ3v) is 3.13. The summed E-state index contributed by atoms with van der Waals surface area (Å²) >= 11 is 0. The zero-order valence-corrected chi connectivity index (χ0v) is 10.7. The summed E-state index contributed by atoms with van der Waals surface area (Å²) in [5, 5.41) is 12.6. The van der Waals surface area contributed by atoms with Crippen LogP contribution >= 0.6 is 0 Å². The van der Waals surface area contributed by atoms with Crippen LogP contribution in [0, 0.1) is 5.92 Å². The molecule has 0 aromatic rings. The van der Waals surface area contributed by atoms with Crippen molar-refractivity contribution < 1.29 is 9.90 Å². The van der Waals surface area contributed by atoms with Crippen molar-refractivity contribution in [2.24, 2.45) is 5.92 Å². The molecule has 0 spiro atoms. The van der Waals surface area contributed by atoms with Crippen molar-refractivity contribution in [3.63, 3.8) is 0 Å². The van der Waals surface area contributed by atoms with Crippen molar-refractivity contribution in [1.82, 2.24) is 10.2 Å². The van der Waals surface area contributed by atoms with Crippen molar-refractivity contribution >= 4 is 5.91 Å². The van der Waals surface area contributed by atoms with Crippen LogP contribution in [0.2, 0.25) is 0 Å². The predicted octanol–water partition coefficient (Wildman–Crippen LogP) is 0.602. The molecule has 0 bridgehead atoms. The minimum absolute atomic E-state index is 0.0357. The predicted molar refractivity (Wildman–Crippen MR) is 64.1 cm³/mol. The van der Waals surface area contributed by atoms with Gasteiger partial charge in [0.15, 0.2) is 0 Å². The van der Waals surface area contributed by atoms with E-state index >= 15 is 0 Å². The van der Waals surface area contributed by atoms with E-state index in [1.54, 1.807) is 0 Å². The molecule has 4 nitrogen and oxygen atoms in total. The molecule has 1 aliphatic rings. The maximum absolute atomic E-state index is 12.1. The Bertz CT molecular complexity index is 241. The summed E-state index contributed by atoms with van der Waals surface area (Å²) in [4.78, 5) is 13.9. The molecule has 2 atom stereocenters. The number of rotatable bonds is 5. The fourth-order valence-electron chi connectivity index (χ4n) is 2.26. The van der Waals surface area contributed by atoms with Crippen LogP contribution in [-0.4, -0.2) is 47.2 Å². The lowest BCUT2D eigenvalue weighted by molar-refractivity contribution is -0.133. The Morgan fingerprint density at radius 2 is 2.06 bits per heavy atom. The molecule has 0 aliphatic carbocycles. The lowest BCUT2D eigenvalue weighted by atomic mass is 10.0. The topological polar surface area (TPSA) is 52.6 Å². The van der Waals surface area contributed by atoms with Crippen molar-refractivity contribution in [3.05, 3.63) is 0 Å². The Balaban J connectivity index is 2.62. The molecule has 0 saturated carbocycles. The van der Waals surface area contributed by atoms with E-state index in [9.17, 15) is 9.90 Å². The standard InChI is InChI=1S/C12H24N2O2/c1-8(2)11(7-15)14-6-5-10(12(14)16)13-9(3)4/h8-11,13,15H,5-7H2,1-4H3. The molecular formula is C12H24N2O2. The van der Waals surface area contributed by atoms with Gasteiger partial charge in [-0.25, -0.2) is 0 Å². The van der Waals surface area contributed by atoms with Gasteiger partial charge in [-0.05, 0) is 12.3 Å². The molecular weight excluding hydrogens is 204 g/mol. The quantitative estimate of drug-likeness (QED) is 0.724. The number of aliphatic hydroxyl groups excluding tert-OH is 1. The first-order valence-corrected chi connectivity index (χ1v) is 6.14. The highest BCUT2D eigenvalue weighted by atomic mass is 16.3. The molecule has 1 rings (SSSR count). The zero-order valence-electron chi connectivity index (χ0n) is 10.7. The lowest BCUT2D eigenvalue weighted by Gasteiger charge is -2.29. The third kappa shape index (κ3) is 2.95. The van der Waals surface area contributed by atoms with Gasteiger partial charge in [-0.1, -0.05) is 27.7 Å². The van der Waals surface area contributed by atoms with Crippen molar-refractivity contribution in [1.29, 1.82) is 0 Å². The second-order valence-corrected chi connectivity index (χ2v) is 5.19. The molecule has 2 N–H and O–H groups in total. The molecule has 16 heavy (non-hydrogen) atoms. The van der Waals surface area contributed by atoms with Gasteiger partial charge in [-0.3, -0.25) is 4.79 Å². The summed E-state index contributed by atoms with van der Waals surface area (Å²) < 4.78 is 0. The molecule has 2 unspecified atom stereocenters. The minimum Gasteiger partial charge on any atom is -0.394 e. The molecule has 1 fully saturated rings. The maximum Gasteiger partial charge on any atom is 0.240 e. The van der Waals surface area contributed by atoms with E-state index in [1.165, 1.54) is 0 Å². The van der Waals surface area contributed by atoms with Crippen LogP contribution in [0.1, 0.15) is 34.1 Å². The van der Waals surface area contributed by atoms with Gasteiger partial charge in [0.25, 0.3) is 0 Å². The van der Waals surface area contributed by atoms with Gasteiger partial charge in [-0.2, -0.15) is 0 Å². The maximum atomic E-state index is 12.1. The van der Waals surface area contributed by atoms with Gasteiger partial charge < -0.3 is 15.3 Å². The van der Waals surface area contributed by atoms with Crippen molar-refractivity contribution in [2.75, 3.05) is 13.2 Å². The summed E-state index contributed by atoms with van der Waals surface area (Å²) in [5.41, 5.74) is 0. The largest absolute Gasteiger partial charge is 0.394 e. The van der Waals surface area contributed by atoms with Gasteiger partial charge in [0, 0.05) is 12.6 Å². The van der Waals surface area contributed by atoms with E-state index in [1.807, 2.05) is 32.6 Å². The molecule has 0 aromatic heterocycles. The number of nitrogens with one attached hydrogen (secondary N) is 1. The summed E-state index contributed by atoms with van der Waals surface area (Å²) in [7, 11) is 0. The van der Waals surface area contributed by atoms with E-state index in [0.717, 1.165) is 13.0 Å². The average Bonchev–Trinajstić information content (AvgIpc) is 2.50. The normalized spacial score (nSPS) is 23.6. The van der Waals surface area contributed by atoms with Crippen molar-refractivity contribution in [3.8, 4) is 0 Å². The second kappa shape index (κ2) is 5.64. The molecule has 0 radical (unpaired) electrons. The first kappa shape index (κ1) is 13.5. The summed E-state index contributed by atoms with van der Waals surface area (Å²) in [5.74, 6) is 0.438. The van der Waals surface area contributed by atoms with Crippen LogP contribution in [0.15, 0.2) is 0 Å². The van der Waals surface area contributed by atoms with Crippen LogP contribution in [0.3, 0.4) is 0 Å². The fraction of sp³-hybridized carbons (Fsp3) is 0.917. The molecule has 0 aromatic carbocycles. The highest BCUT2D eigenvalue weighted by Crippen LogP contribution is 2.19. The van der Waals surface area contributed by atoms with Crippen LogP contribution in [-0.2, 0) is 4.79 Å². The molecule has 1 heterocycles. The van der Waals surface area contributed by atoms with E-state index in [4.69, 9.17) is 0 Å². The number of carbonyl (C=O) groups is 1. The molecule has 1 amide bonds. The third-order valence-electron chi connectivity index (χ3n) is 3.13. The highest BCUT2D eigenvalue weighted by Gasteiger charge is 2.36. The Morgan fingerprint density at radius 1 is 1.44 bits per heavy atom. The van der Waals surface area contributed by atoms with E-state index < -0.39 is 0 Å². The number of amides is 1. The van der Waals surface area contributed by atoms with Crippen LogP contribution in [0.4, 0.5) is 0 Å². The van der Waals surface area contributed by atoms with Gasteiger partial charge in [-0.15, -0.1) is 0 Å². The number of aliphatic hydroxyl groups is 1. The summed E-state index contributed by atoms with van der Waals surface area (Å²) in [6.45, 7) is 8.98. The number of carbonyl (C=O) groups excluding carboxylic acids is 1. The van der Waals surface area contributed by atoms with Crippen LogP contribution in [0.25, 0.3) is 0 Å². The Kier molecular flexibility index (Phi) is 4.74. The monoisotopic (exact) mass is 228 g/mol. The smallest absolute Gasteiger partial charge is 0.240 e. The Labute approximate surface area is 98.0 Å². The SMILES string of the molecule is CC(C)NC1CCN(C(CO)C(C)C)C1=O. The number of hydrogen-bond donors (Lipinski definition) is 2. The van der Waals surface area contributed by atoms with Gasteiger partial charge in [0.1, 0.15) is 0 Å². The second-order valence-electron chi connectivity index (χ2n) is 5.19. The number of hydrogen-bond acceptors (Lipinski definition) is 3. The Morgan fingerprint density at radius 3 is 2.50 bits per heavy atom. The van der Waals surface area contributed by atoms with Crippen LogP contribution < -0.4 is 5.32 Å². The minimum atomic E-state index is -0.0622. The number of nitrogens with zero attached hydrogens (tertiary/aromatic N) is 1. The molecule has 94 valence electrons. The lowest BCUT2D eigenvalue weighted by Crippen LogP contribution is -2.47. The van der Waals surface area contributed by atoms with Gasteiger partial charge in [0.05, 0.1) is 18.7 Å². The van der Waals surface area contributed by atoms with E-state index in [-0.39, 0.29) is 24.6 Å². The fourth-order valence-corrected chi connectivity index (χ4v) is 2.26. The van der Waals surface area contributed by atoms with Crippen LogP contribution in [0.5, 0.6) is 0 Å². The highest BCUT2D eigenvalue weighted by molar-refractivity contribution is 5.84. The summed E-state index contributed by atoms with van der Waals surface area (Å²) in [6.07, 6.45) is 0.847. The van der Waals surface area contributed by atoms with E-state index in [2.05, 4.69) is 5.32 Å². The van der Waals surface area contributed by atoms with Crippen molar-refractivity contribution in [2.45, 2.75) is 52.2 Å². The first-order chi connectivity index (χ1) is 7.47. The van der Waals surface area contributed by atoms with Gasteiger partial charge in [0.2, 0.25) is 5.91 Å². The molecule has 4 heteroatoms.